The Morgan fingerprint density at radius 3 is 2.18 bits per heavy atom. The van der Waals surface area contributed by atoms with Crippen LogP contribution in [0.1, 0.15) is 61.7 Å². The van der Waals surface area contributed by atoms with Crippen LogP contribution in [0, 0.1) is 18.8 Å². The van der Waals surface area contributed by atoms with E-state index in [4.69, 9.17) is 9.47 Å². The number of fused-ring (bicyclic) bond motifs is 1. The maximum absolute atomic E-state index is 12.5. The van der Waals surface area contributed by atoms with Gasteiger partial charge in [0.05, 0.1) is 4.43 Å². The zero-order valence-corrected chi connectivity index (χ0v) is 13.0. The lowest BCUT2D eigenvalue weighted by molar-refractivity contribution is -0.523. The molecule has 0 bridgehead atoms. The molecule has 8 heteroatoms. The van der Waals surface area contributed by atoms with E-state index in [0.29, 0.717) is 23.0 Å². The molecule has 1 aliphatic carbocycles. The first-order valence-corrected chi connectivity index (χ1v) is 6.96. The SMILES string of the molecule is CC(=O)O[C@H]1CC[C@H](OC(C)=O)c2c1n(O)c(C)c(C)[n+]2=O. The van der Waals surface area contributed by atoms with Gasteiger partial charge < -0.3 is 14.7 Å². The normalized spacial score (nSPS) is 20.2. The Bertz CT molecular complexity index is 694. The van der Waals surface area contributed by atoms with E-state index in [-0.39, 0.29) is 17.1 Å². The fraction of sp³-hybridized carbons (Fsp3) is 0.571. The first kappa shape index (κ1) is 16.0. The molecule has 1 aromatic heterocycles. The largest absolute Gasteiger partial charge is 0.456 e. The molecule has 0 unspecified atom stereocenters. The van der Waals surface area contributed by atoms with Crippen molar-refractivity contribution in [3.8, 4) is 0 Å². The number of ether oxygens (including phenoxy) is 2. The maximum atomic E-state index is 12.5. The zero-order chi connectivity index (χ0) is 16.6. The number of carbonyl (C=O) groups is 2. The summed E-state index contributed by atoms with van der Waals surface area (Å²) in [5, 5.41) is 10.3. The Kier molecular flexibility index (Phi) is 4.20. The number of esters is 2. The molecule has 0 radical (unpaired) electrons. The number of rotatable bonds is 2. The molecule has 0 aromatic carbocycles. The van der Waals surface area contributed by atoms with Crippen molar-refractivity contribution >= 4 is 11.9 Å². The Labute approximate surface area is 126 Å². The van der Waals surface area contributed by atoms with Crippen LogP contribution in [-0.2, 0) is 19.1 Å². The summed E-state index contributed by atoms with van der Waals surface area (Å²) >= 11 is 0. The van der Waals surface area contributed by atoms with Gasteiger partial charge in [0, 0.05) is 25.7 Å². The Balaban J connectivity index is 2.67. The number of hydrogen-bond acceptors (Lipinski definition) is 6. The monoisotopic (exact) mass is 311 g/mol. The van der Waals surface area contributed by atoms with Crippen LogP contribution < -0.4 is 4.43 Å². The van der Waals surface area contributed by atoms with E-state index in [2.05, 4.69) is 0 Å². The minimum atomic E-state index is -0.783. The minimum Gasteiger partial charge on any atom is -0.456 e. The first-order valence-electron chi connectivity index (χ1n) is 6.96. The number of nitrogens with zero attached hydrogens (tertiary/aromatic N) is 2. The summed E-state index contributed by atoms with van der Waals surface area (Å²) in [5.41, 5.74) is 0.848. The van der Waals surface area contributed by atoms with Crippen LogP contribution in [0.15, 0.2) is 0 Å². The molecule has 2 atom stereocenters. The summed E-state index contributed by atoms with van der Waals surface area (Å²) < 4.78 is 11.8. The molecule has 1 aromatic rings. The second kappa shape index (κ2) is 5.78. The van der Waals surface area contributed by atoms with Gasteiger partial charge in [-0.05, 0) is 19.8 Å². The third-order valence-corrected chi connectivity index (χ3v) is 3.77. The van der Waals surface area contributed by atoms with Crippen molar-refractivity contribution in [2.45, 2.75) is 52.7 Å². The highest BCUT2D eigenvalue weighted by Gasteiger charge is 2.43. The highest BCUT2D eigenvalue weighted by atomic mass is 16.6. The van der Waals surface area contributed by atoms with Gasteiger partial charge in [-0.2, -0.15) is 4.73 Å². The van der Waals surface area contributed by atoms with Gasteiger partial charge in [0.25, 0.3) is 5.69 Å². The second-order valence-corrected chi connectivity index (χ2v) is 5.32. The molecule has 2 rings (SSSR count). The fourth-order valence-electron chi connectivity index (χ4n) is 2.68. The quantitative estimate of drug-likeness (QED) is 0.501. The fourth-order valence-corrected chi connectivity index (χ4v) is 2.68. The van der Waals surface area contributed by atoms with Gasteiger partial charge in [0.15, 0.2) is 17.9 Å². The standard InChI is InChI=1S/C14H19N2O6/c1-7-8(2)16(20)14-12(22-10(4)18)6-5-11(21-9(3)17)13(14)15(7)19/h11-12,19H,5-6H2,1-4H3/q+1/t11-,12-/m0/s1. The molecule has 0 saturated carbocycles. The summed E-state index contributed by atoms with van der Waals surface area (Å²) in [6.07, 6.45) is -0.874. The van der Waals surface area contributed by atoms with E-state index in [1.807, 2.05) is 0 Å². The molecular weight excluding hydrogens is 292 g/mol. The topological polar surface area (TPSA) is 101 Å². The van der Waals surface area contributed by atoms with Crippen LogP contribution in [0.3, 0.4) is 0 Å². The molecule has 0 aliphatic heterocycles. The molecule has 0 fully saturated rings. The van der Waals surface area contributed by atoms with Gasteiger partial charge >= 0.3 is 17.6 Å². The van der Waals surface area contributed by atoms with Crippen molar-refractivity contribution in [2.75, 3.05) is 0 Å². The number of aromatic nitrogens is 2. The van der Waals surface area contributed by atoms with Crippen LogP contribution in [0.2, 0.25) is 0 Å². The molecule has 0 spiro atoms. The van der Waals surface area contributed by atoms with Crippen molar-refractivity contribution in [3.63, 3.8) is 0 Å². The predicted molar refractivity (Wildman–Crippen MR) is 72.7 cm³/mol. The average molecular weight is 311 g/mol. The zero-order valence-electron chi connectivity index (χ0n) is 13.0. The molecule has 0 saturated heterocycles. The van der Waals surface area contributed by atoms with E-state index in [0.717, 1.165) is 4.73 Å². The van der Waals surface area contributed by atoms with E-state index in [1.54, 1.807) is 13.8 Å². The van der Waals surface area contributed by atoms with Crippen molar-refractivity contribution < 1.29 is 28.7 Å². The highest BCUT2D eigenvalue weighted by molar-refractivity contribution is 5.67. The Morgan fingerprint density at radius 2 is 1.64 bits per heavy atom. The lowest BCUT2D eigenvalue weighted by atomic mass is 9.94. The molecule has 120 valence electrons. The van der Waals surface area contributed by atoms with Crippen molar-refractivity contribution in [1.82, 2.24) is 4.73 Å². The van der Waals surface area contributed by atoms with Crippen LogP contribution in [0.4, 0.5) is 0 Å². The summed E-state index contributed by atoms with van der Waals surface area (Å²) in [5.74, 6) is -1.04. The highest BCUT2D eigenvalue weighted by Crippen LogP contribution is 2.38. The lowest BCUT2D eigenvalue weighted by Gasteiger charge is -2.27. The van der Waals surface area contributed by atoms with Crippen LogP contribution in [0.25, 0.3) is 0 Å². The van der Waals surface area contributed by atoms with E-state index in [1.165, 1.54) is 13.8 Å². The van der Waals surface area contributed by atoms with Gasteiger partial charge in [-0.25, -0.2) is 0 Å². The van der Waals surface area contributed by atoms with Gasteiger partial charge in [-0.15, -0.1) is 0 Å². The molecule has 1 heterocycles. The first-order chi connectivity index (χ1) is 10.2. The predicted octanol–water partition coefficient (Wildman–Crippen LogP) is 1.26. The molecular formula is C14H19N2O6+. The van der Waals surface area contributed by atoms with E-state index >= 15 is 0 Å². The average Bonchev–Trinajstić information content (AvgIpc) is 2.42. The number of hydrogen-bond donors (Lipinski definition) is 1. The van der Waals surface area contributed by atoms with Gasteiger partial charge in [-0.3, -0.25) is 9.59 Å². The summed E-state index contributed by atoms with van der Waals surface area (Å²) in [7, 11) is 0. The second-order valence-electron chi connectivity index (χ2n) is 5.32. The molecule has 1 N–H and O–H groups in total. The van der Waals surface area contributed by atoms with Crippen molar-refractivity contribution in [2.24, 2.45) is 0 Å². The van der Waals surface area contributed by atoms with E-state index < -0.39 is 24.1 Å². The summed E-state index contributed by atoms with van der Waals surface area (Å²) in [4.78, 5) is 35.0. The van der Waals surface area contributed by atoms with Gasteiger partial charge in [-0.1, -0.05) is 0 Å². The third-order valence-electron chi connectivity index (χ3n) is 3.77. The molecule has 0 amide bonds. The summed E-state index contributed by atoms with van der Waals surface area (Å²) in [6.45, 7) is 5.63. The minimum absolute atomic E-state index is 0.0956. The third kappa shape index (κ3) is 2.68. The molecule has 8 nitrogen and oxygen atoms in total. The molecule has 22 heavy (non-hydrogen) atoms. The molecule has 1 aliphatic rings. The van der Waals surface area contributed by atoms with Gasteiger partial charge in [0.1, 0.15) is 5.69 Å². The van der Waals surface area contributed by atoms with Crippen LogP contribution >= 0.6 is 0 Å². The maximum Gasteiger partial charge on any atom is 0.306 e. The summed E-state index contributed by atoms with van der Waals surface area (Å²) in [6, 6.07) is 0. The smallest absolute Gasteiger partial charge is 0.306 e. The van der Waals surface area contributed by atoms with Crippen LogP contribution in [-0.4, -0.2) is 21.9 Å². The van der Waals surface area contributed by atoms with Gasteiger partial charge in [0.2, 0.25) is 0 Å². The Hall–Kier alpha value is -2.38. The van der Waals surface area contributed by atoms with Crippen molar-refractivity contribution in [3.05, 3.63) is 27.7 Å². The number of carbonyl (C=O) groups excluding carboxylic acids is 2. The van der Waals surface area contributed by atoms with E-state index in [9.17, 15) is 19.7 Å². The van der Waals surface area contributed by atoms with Crippen molar-refractivity contribution in [1.29, 1.82) is 0 Å². The Morgan fingerprint density at radius 1 is 1.14 bits per heavy atom. The van der Waals surface area contributed by atoms with Crippen LogP contribution in [0.5, 0.6) is 0 Å². The lowest BCUT2D eigenvalue weighted by Crippen LogP contribution is -2.39.